The molecule has 5 heteroatoms. The molecule has 0 aliphatic carbocycles. The van der Waals surface area contributed by atoms with E-state index < -0.39 is 0 Å². The molecular weight excluding hydrogens is 327 g/mol. The smallest absolute Gasteiger partial charge is 0.0624 e. The second-order valence-electron chi connectivity index (χ2n) is 5.31. The maximum absolute atomic E-state index is 6.36. The lowest BCUT2D eigenvalue weighted by Crippen LogP contribution is -2.34. The third-order valence-electron chi connectivity index (χ3n) is 3.87. The number of hydrogen-bond donors (Lipinski definition) is 0. The van der Waals surface area contributed by atoms with Gasteiger partial charge in [0.25, 0.3) is 0 Å². The molecule has 2 nitrogen and oxygen atoms in total. The van der Waals surface area contributed by atoms with Crippen LogP contribution in [0.5, 0.6) is 0 Å². The van der Waals surface area contributed by atoms with Crippen LogP contribution in [0, 0.1) is 0 Å². The molecule has 21 heavy (non-hydrogen) atoms. The molecule has 0 spiro atoms. The first-order chi connectivity index (χ1) is 10.1. The Morgan fingerprint density at radius 2 is 1.86 bits per heavy atom. The lowest BCUT2D eigenvalue weighted by atomic mass is 9.80. The van der Waals surface area contributed by atoms with Gasteiger partial charge >= 0.3 is 0 Å². The summed E-state index contributed by atoms with van der Waals surface area (Å²) in [5.41, 5.74) is 2.80. The summed E-state index contributed by atoms with van der Waals surface area (Å²) in [5, 5.41) is 5.20. The molecule has 0 N–H and O–H groups in total. The van der Waals surface area contributed by atoms with Gasteiger partial charge in [-0.15, -0.1) is 23.2 Å². The molecule has 0 fully saturated rings. The highest BCUT2D eigenvalue weighted by Crippen LogP contribution is 2.36. The van der Waals surface area contributed by atoms with Crippen LogP contribution in [-0.4, -0.2) is 21.5 Å². The summed E-state index contributed by atoms with van der Waals surface area (Å²) in [6.07, 6.45) is 1.63. The first kappa shape index (κ1) is 16.7. The van der Waals surface area contributed by atoms with Gasteiger partial charge in [0.1, 0.15) is 0 Å². The summed E-state index contributed by atoms with van der Waals surface area (Å²) in [7, 11) is 1.95. The summed E-state index contributed by atoms with van der Waals surface area (Å²) in [6.45, 7) is 2.09. The molecule has 2 rings (SSSR count). The Kier molecular flexibility index (Phi) is 5.59. The van der Waals surface area contributed by atoms with Crippen molar-refractivity contribution in [2.45, 2.75) is 25.2 Å². The minimum absolute atomic E-state index is 0.389. The Bertz CT molecular complexity index is 603. The zero-order valence-corrected chi connectivity index (χ0v) is 14.5. The minimum Gasteiger partial charge on any atom is -0.272 e. The van der Waals surface area contributed by atoms with Crippen molar-refractivity contribution in [1.29, 1.82) is 0 Å². The van der Waals surface area contributed by atoms with Crippen LogP contribution in [0.3, 0.4) is 0 Å². The van der Waals surface area contributed by atoms with E-state index in [9.17, 15) is 0 Å². The molecule has 0 bridgehead atoms. The van der Waals surface area contributed by atoms with E-state index in [1.54, 1.807) is 0 Å². The maximum atomic E-state index is 6.36. The van der Waals surface area contributed by atoms with Crippen molar-refractivity contribution >= 4 is 34.8 Å². The van der Waals surface area contributed by atoms with Crippen molar-refractivity contribution in [3.05, 3.63) is 52.3 Å². The fourth-order valence-corrected chi connectivity index (χ4v) is 3.62. The Hall–Kier alpha value is -0.700. The van der Waals surface area contributed by atoms with Gasteiger partial charge in [0, 0.05) is 41.4 Å². The van der Waals surface area contributed by atoms with Gasteiger partial charge in [-0.1, -0.05) is 36.7 Å². The Morgan fingerprint density at radius 3 is 2.38 bits per heavy atom. The van der Waals surface area contributed by atoms with Crippen LogP contribution in [0.25, 0.3) is 0 Å². The molecule has 0 aliphatic rings. The highest BCUT2D eigenvalue weighted by molar-refractivity contribution is 6.32. The summed E-state index contributed by atoms with van der Waals surface area (Å²) < 4.78 is 1.91. The fraction of sp³-hybridized carbons (Fsp3) is 0.438. The molecule has 0 saturated carbocycles. The van der Waals surface area contributed by atoms with Crippen LogP contribution in [0.15, 0.2) is 30.3 Å². The highest BCUT2D eigenvalue weighted by atomic mass is 35.5. The van der Waals surface area contributed by atoms with Crippen LogP contribution >= 0.6 is 34.8 Å². The Morgan fingerprint density at radius 1 is 1.19 bits per heavy atom. The third-order valence-corrected chi connectivity index (χ3v) is 5.22. The molecular formula is C16H19Cl3N2. The normalized spacial score (nSPS) is 11.9. The number of aryl methyl sites for hydroxylation is 2. The summed E-state index contributed by atoms with van der Waals surface area (Å²) in [6, 6.07) is 9.88. The second kappa shape index (κ2) is 7.04. The van der Waals surface area contributed by atoms with Gasteiger partial charge in [0.15, 0.2) is 0 Å². The van der Waals surface area contributed by atoms with Crippen molar-refractivity contribution in [2.24, 2.45) is 7.05 Å². The number of nitrogens with zero attached hydrogens (tertiary/aromatic N) is 2. The predicted octanol–water partition coefficient (Wildman–Crippen LogP) is 4.59. The first-order valence-electron chi connectivity index (χ1n) is 6.95. The van der Waals surface area contributed by atoms with E-state index in [1.165, 1.54) is 0 Å². The van der Waals surface area contributed by atoms with Crippen LogP contribution in [0.1, 0.15) is 23.9 Å². The Labute approximate surface area is 141 Å². The van der Waals surface area contributed by atoms with Gasteiger partial charge in [0.05, 0.1) is 5.69 Å². The number of alkyl halides is 2. The van der Waals surface area contributed by atoms with Crippen LogP contribution in [0.2, 0.25) is 5.02 Å². The number of benzene rings is 1. The lowest BCUT2D eigenvalue weighted by Gasteiger charge is -2.31. The molecule has 0 amide bonds. The monoisotopic (exact) mass is 344 g/mol. The Balaban J connectivity index is 2.43. The van der Waals surface area contributed by atoms with Crippen molar-refractivity contribution < 1.29 is 0 Å². The summed E-state index contributed by atoms with van der Waals surface area (Å²) >= 11 is 19.0. The topological polar surface area (TPSA) is 17.8 Å². The number of hydrogen-bond acceptors (Lipinski definition) is 1. The predicted molar refractivity (Wildman–Crippen MR) is 90.9 cm³/mol. The lowest BCUT2D eigenvalue weighted by molar-refractivity contribution is 0.511. The van der Waals surface area contributed by atoms with Crippen molar-refractivity contribution in [2.75, 3.05) is 11.8 Å². The van der Waals surface area contributed by atoms with Gasteiger partial charge in [-0.2, -0.15) is 5.10 Å². The van der Waals surface area contributed by atoms with E-state index in [2.05, 4.69) is 18.1 Å². The molecule has 0 radical (unpaired) electrons. The zero-order valence-electron chi connectivity index (χ0n) is 12.2. The van der Waals surface area contributed by atoms with E-state index in [-0.39, 0.29) is 5.41 Å². The molecule has 1 aromatic heterocycles. The fourth-order valence-electron chi connectivity index (χ4n) is 2.52. The molecule has 1 heterocycles. The van der Waals surface area contributed by atoms with Crippen molar-refractivity contribution in [3.8, 4) is 0 Å². The van der Waals surface area contributed by atoms with E-state index >= 15 is 0 Å². The van der Waals surface area contributed by atoms with Crippen LogP contribution in [0.4, 0.5) is 0 Å². The van der Waals surface area contributed by atoms with Gasteiger partial charge in [-0.3, -0.25) is 4.68 Å². The van der Waals surface area contributed by atoms with Crippen LogP contribution in [-0.2, 0) is 25.3 Å². The number of aromatic nitrogens is 2. The van der Waals surface area contributed by atoms with Gasteiger partial charge < -0.3 is 0 Å². The highest BCUT2D eigenvalue weighted by Gasteiger charge is 2.34. The molecule has 114 valence electrons. The van der Waals surface area contributed by atoms with Crippen molar-refractivity contribution in [1.82, 2.24) is 9.78 Å². The van der Waals surface area contributed by atoms with Crippen molar-refractivity contribution in [3.63, 3.8) is 0 Å². The molecule has 1 aromatic carbocycles. The summed E-state index contributed by atoms with van der Waals surface area (Å²) in [5.74, 6) is 0.819. The largest absolute Gasteiger partial charge is 0.272 e. The zero-order chi connectivity index (χ0) is 15.5. The van der Waals surface area contributed by atoms with E-state index in [0.29, 0.717) is 23.2 Å². The quantitative estimate of drug-likeness (QED) is 0.700. The van der Waals surface area contributed by atoms with Gasteiger partial charge in [-0.25, -0.2) is 0 Å². The first-order valence-corrected chi connectivity index (χ1v) is 8.39. The minimum atomic E-state index is -0.389. The SMILES string of the molecule is CCc1cc(CC(CCl)(CCl)c2ccccc2Cl)n(C)n1. The standard InChI is InChI=1S/C16H19Cl3N2/c1-3-12-8-13(21(2)20-12)9-16(10-17,11-18)14-6-4-5-7-15(14)19/h4-8H,3,9-11H2,1-2H3. The van der Waals surface area contributed by atoms with E-state index in [4.69, 9.17) is 34.8 Å². The van der Waals surface area contributed by atoms with E-state index in [1.807, 2.05) is 36.0 Å². The molecule has 0 atom stereocenters. The average molecular weight is 346 g/mol. The maximum Gasteiger partial charge on any atom is 0.0624 e. The number of rotatable bonds is 6. The van der Waals surface area contributed by atoms with Gasteiger partial charge in [0.2, 0.25) is 0 Å². The number of halogens is 3. The third kappa shape index (κ3) is 3.39. The summed E-state index contributed by atoms with van der Waals surface area (Å²) in [4.78, 5) is 0. The average Bonchev–Trinajstić information content (AvgIpc) is 2.86. The van der Waals surface area contributed by atoms with Crippen LogP contribution < -0.4 is 0 Å². The van der Waals surface area contributed by atoms with Gasteiger partial charge in [-0.05, 0) is 24.1 Å². The molecule has 0 aliphatic heterocycles. The second-order valence-corrected chi connectivity index (χ2v) is 6.25. The molecule has 0 unspecified atom stereocenters. The molecule has 0 saturated heterocycles. The van der Waals surface area contributed by atoms with E-state index in [0.717, 1.165) is 23.4 Å². The molecule has 2 aromatic rings.